The molecule has 0 aliphatic carbocycles. The Morgan fingerprint density at radius 1 is 1.14 bits per heavy atom. The largest absolute Gasteiger partial charge is 0.467 e. The number of benzene rings is 2. The number of nitrogen functional groups attached to an aromatic ring is 1. The van der Waals surface area contributed by atoms with E-state index in [0.29, 0.717) is 37.0 Å². The van der Waals surface area contributed by atoms with Crippen LogP contribution in [0.15, 0.2) is 18.2 Å². The van der Waals surface area contributed by atoms with Crippen molar-refractivity contribution in [1.82, 2.24) is 14.9 Å². The van der Waals surface area contributed by atoms with Crippen molar-refractivity contribution < 1.29 is 31.1 Å². The Balaban J connectivity index is 0.000000310. The molecule has 0 saturated carbocycles. The lowest BCUT2D eigenvalue weighted by atomic mass is 9.92. The molecule has 2 atom stereocenters. The van der Waals surface area contributed by atoms with Crippen LogP contribution in [0.3, 0.4) is 0 Å². The molecular formula is C29H26F6N6OS. The van der Waals surface area contributed by atoms with Crippen molar-refractivity contribution >= 4 is 43.1 Å². The molecule has 3 aliphatic rings. The second kappa shape index (κ2) is 11.0. The van der Waals surface area contributed by atoms with Gasteiger partial charge in [0.25, 0.3) is 0 Å². The van der Waals surface area contributed by atoms with E-state index in [9.17, 15) is 27.2 Å². The van der Waals surface area contributed by atoms with Crippen LogP contribution < -0.4 is 15.4 Å². The fraction of sp³-hybridized carbons (Fsp3) is 0.414. The molecule has 14 heteroatoms. The number of rotatable bonds is 3. The summed E-state index contributed by atoms with van der Waals surface area (Å²) < 4.78 is 90.9. The molecule has 3 aliphatic heterocycles. The number of alkyl halides is 4. The van der Waals surface area contributed by atoms with Crippen LogP contribution in [-0.2, 0) is 6.18 Å². The standard InChI is InChI=1S/C22H14F5N5OS.C7H12FN/c1-33-21-30-17-10(20(31-21)32-5-2-6-32)7-12(22(25,26)27)15(16(17)24)9-3-4-13(23)18-14(9)11(8-28)19(29)34-18;8-6-4-7-2-1-3-9(7)5-6/h3-4,7H,2,5-6,29H2,1H3;6-7H,1-5H2. The van der Waals surface area contributed by atoms with Gasteiger partial charge in [-0.15, -0.1) is 11.3 Å². The van der Waals surface area contributed by atoms with Gasteiger partial charge in [0.2, 0.25) is 0 Å². The first-order valence-corrected chi connectivity index (χ1v) is 14.5. The van der Waals surface area contributed by atoms with Crippen LogP contribution in [0.25, 0.3) is 32.1 Å². The zero-order valence-electron chi connectivity index (χ0n) is 22.9. The van der Waals surface area contributed by atoms with Crippen LogP contribution in [0.2, 0.25) is 0 Å². The summed E-state index contributed by atoms with van der Waals surface area (Å²) in [7, 11) is 1.26. The summed E-state index contributed by atoms with van der Waals surface area (Å²) in [6, 6.07) is 4.92. The van der Waals surface area contributed by atoms with Gasteiger partial charge in [-0.1, -0.05) is 6.07 Å². The van der Waals surface area contributed by atoms with E-state index in [1.54, 1.807) is 11.0 Å². The number of fused-ring (bicyclic) bond motifs is 3. The molecule has 0 radical (unpaired) electrons. The van der Waals surface area contributed by atoms with Gasteiger partial charge in [-0.05, 0) is 49.9 Å². The van der Waals surface area contributed by atoms with E-state index in [4.69, 9.17) is 10.5 Å². The third-order valence-corrected chi connectivity index (χ3v) is 9.22. The summed E-state index contributed by atoms with van der Waals surface area (Å²) in [6.07, 6.45) is -1.36. The highest BCUT2D eigenvalue weighted by molar-refractivity contribution is 7.23. The van der Waals surface area contributed by atoms with Gasteiger partial charge in [0.1, 0.15) is 34.4 Å². The van der Waals surface area contributed by atoms with Gasteiger partial charge >= 0.3 is 12.2 Å². The SMILES string of the molecule is COc1nc(N2CCC2)c2cc(C(F)(F)F)c(-c3ccc(F)c4sc(N)c(C#N)c34)c(F)c2n1.FC1CC2CCCN2C1. The average Bonchev–Trinajstić information content (AvgIpc) is 3.61. The van der Waals surface area contributed by atoms with E-state index in [-0.39, 0.29) is 48.9 Å². The van der Waals surface area contributed by atoms with Crippen molar-refractivity contribution in [2.24, 2.45) is 0 Å². The van der Waals surface area contributed by atoms with Gasteiger partial charge in [-0.3, -0.25) is 4.90 Å². The van der Waals surface area contributed by atoms with E-state index in [0.717, 1.165) is 37.6 Å². The topological polar surface area (TPSA) is 91.3 Å². The average molecular weight is 621 g/mol. The van der Waals surface area contributed by atoms with E-state index < -0.39 is 35.1 Å². The number of nitrogens with two attached hydrogens (primary N) is 1. The van der Waals surface area contributed by atoms with Crippen LogP contribution in [0.1, 0.15) is 36.8 Å². The lowest BCUT2D eigenvalue weighted by Crippen LogP contribution is -2.38. The van der Waals surface area contributed by atoms with Gasteiger partial charge in [-0.2, -0.15) is 28.4 Å². The molecule has 4 aromatic rings. The zero-order valence-corrected chi connectivity index (χ0v) is 23.8. The van der Waals surface area contributed by atoms with Gasteiger partial charge in [-0.25, -0.2) is 13.2 Å². The van der Waals surface area contributed by atoms with Crippen LogP contribution >= 0.6 is 11.3 Å². The van der Waals surface area contributed by atoms with Crippen LogP contribution in [0.5, 0.6) is 6.01 Å². The maximum atomic E-state index is 16.0. The number of nitrogens with zero attached hydrogens (tertiary/aromatic N) is 5. The Hall–Kier alpha value is -3.83. The number of methoxy groups -OCH3 is 1. The molecule has 0 spiro atoms. The molecule has 3 saturated heterocycles. The number of thiophene rings is 1. The summed E-state index contributed by atoms with van der Waals surface area (Å²) >= 11 is 0.709. The fourth-order valence-electron chi connectivity index (χ4n) is 6.07. The molecule has 226 valence electrons. The molecule has 0 bridgehead atoms. The smallest absolute Gasteiger partial charge is 0.417 e. The number of anilines is 2. The van der Waals surface area contributed by atoms with Crippen molar-refractivity contribution in [1.29, 1.82) is 5.26 Å². The van der Waals surface area contributed by atoms with Crippen LogP contribution in [-0.4, -0.2) is 60.4 Å². The monoisotopic (exact) mass is 620 g/mol. The maximum absolute atomic E-state index is 16.0. The Morgan fingerprint density at radius 2 is 1.91 bits per heavy atom. The molecule has 3 fully saturated rings. The Bertz CT molecular complexity index is 1750. The van der Waals surface area contributed by atoms with Crippen LogP contribution in [0.4, 0.5) is 37.2 Å². The van der Waals surface area contributed by atoms with Gasteiger partial charge in [0.15, 0.2) is 5.82 Å². The summed E-state index contributed by atoms with van der Waals surface area (Å²) in [5, 5.41) is 9.14. The number of aromatic nitrogens is 2. The molecule has 7 nitrogen and oxygen atoms in total. The first kappa shape index (κ1) is 29.3. The molecule has 2 aromatic heterocycles. The van der Waals surface area contributed by atoms with Crippen molar-refractivity contribution in [3.63, 3.8) is 0 Å². The third-order valence-electron chi connectivity index (χ3n) is 8.19. The minimum Gasteiger partial charge on any atom is -0.467 e. The molecular weight excluding hydrogens is 594 g/mol. The lowest BCUT2D eigenvalue weighted by Gasteiger charge is -2.33. The van der Waals surface area contributed by atoms with Crippen LogP contribution in [0, 0.1) is 23.0 Å². The summed E-state index contributed by atoms with van der Waals surface area (Å²) in [6.45, 7) is 2.94. The minimum atomic E-state index is -4.98. The number of halogens is 6. The predicted molar refractivity (Wildman–Crippen MR) is 152 cm³/mol. The van der Waals surface area contributed by atoms with Crippen molar-refractivity contribution in [2.45, 2.75) is 44.1 Å². The first-order valence-electron chi connectivity index (χ1n) is 13.7. The minimum absolute atomic E-state index is 0.0809. The van der Waals surface area contributed by atoms with Gasteiger partial charge in [0, 0.05) is 42.0 Å². The summed E-state index contributed by atoms with van der Waals surface area (Å²) in [4.78, 5) is 12.1. The second-order valence-electron chi connectivity index (χ2n) is 10.8. The van der Waals surface area contributed by atoms with E-state index in [1.165, 1.54) is 20.0 Å². The zero-order chi connectivity index (χ0) is 30.6. The lowest BCUT2D eigenvalue weighted by molar-refractivity contribution is -0.137. The van der Waals surface area contributed by atoms with E-state index in [1.807, 2.05) is 0 Å². The van der Waals surface area contributed by atoms with Crippen molar-refractivity contribution in [2.75, 3.05) is 43.9 Å². The highest BCUT2D eigenvalue weighted by Crippen LogP contribution is 2.48. The molecule has 7 rings (SSSR count). The predicted octanol–water partition coefficient (Wildman–Crippen LogP) is 6.67. The van der Waals surface area contributed by atoms with Gasteiger partial charge in [0.05, 0.1) is 22.9 Å². The number of ether oxygens (including phenoxy) is 1. The number of nitriles is 1. The third kappa shape index (κ3) is 5.08. The normalized spacial score (nSPS) is 20.1. The van der Waals surface area contributed by atoms with Crippen molar-refractivity contribution in [3.05, 3.63) is 41.0 Å². The molecule has 2 aromatic carbocycles. The highest BCUT2D eigenvalue weighted by atomic mass is 32.1. The molecule has 43 heavy (non-hydrogen) atoms. The molecule has 5 heterocycles. The van der Waals surface area contributed by atoms with Crippen molar-refractivity contribution in [3.8, 4) is 23.2 Å². The quantitative estimate of drug-likeness (QED) is 0.256. The summed E-state index contributed by atoms with van der Waals surface area (Å²) in [5.41, 5.74) is 2.76. The molecule has 2 unspecified atom stereocenters. The van der Waals surface area contributed by atoms with E-state index in [2.05, 4.69) is 14.9 Å². The maximum Gasteiger partial charge on any atom is 0.417 e. The van der Waals surface area contributed by atoms with Gasteiger partial charge < -0.3 is 15.4 Å². The number of hydrogen-bond acceptors (Lipinski definition) is 8. The highest BCUT2D eigenvalue weighted by Gasteiger charge is 2.39. The summed E-state index contributed by atoms with van der Waals surface area (Å²) in [5.74, 6) is -1.93. The van der Waals surface area contributed by atoms with E-state index >= 15 is 4.39 Å². The second-order valence-corrected chi connectivity index (χ2v) is 11.8. The Morgan fingerprint density at radius 3 is 2.53 bits per heavy atom. The first-order chi connectivity index (χ1) is 20.5. The Labute approximate surface area is 246 Å². The molecule has 0 amide bonds. The molecule has 2 N–H and O–H groups in total. The Kier molecular flexibility index (Phi) is 7.50. The number of hydrogen-bond donors (Lipinski definition) is 1. The fourth-order valence-corrected chi connectivity index (χ4v) is 7.02.